The van der Waals surface area contributed by atoms with E-state index in [-0.39, 0.29) is 12.2 Å². The minimum absolute atomic E-state index is 0.108. The highest BCUT2D eigenvalue weighted by molar-refractivity contribution is 6.41. The van der Waals surface area contributed by atoms with Gasteiger partial charge in [0.2, 0.25) is 11.6 Å². The maximum atomic E-state index is 11.6. The van der Waals surface area contributed by atoms with Gasteiger partial charge in [0, 0.05) is 0 Å². The third kappa shape index (κ3) is 3.63. The number of hydrogen-bond donors (Lipinski definition) is 4. The van der Waals surface area contributed by atoms with Crippen LogP contribution in [0.5, 0.6) is 5.75 Å². The van der Waals surface area contributed by atoms with Crippen molar-refractivity contribution in [2.24, 2.45) is 11.5 Å². The van der Waals surface area contributed by atoms with Gasteiger partial charge in [0.25, 0.3) is 0 Å². The van der Waals surface area contributed by atoms with Crippen molar-refractivity contribution in [2.45, 2.75) is 18.5 Å². The second-order valence-corrected chi connectivity index (χ2v) is 3.99. The maximum Gasteiger partial charge on any atom is 0.219 e. The summed E-state index contributed by atoms with van der Waals surface area (Å²) < 4.78 is 0. The number of aliphatic hydroxyl groups excluding tert-OH is 1. The predicted molar refractivity (Wildman–Crippen MR) is 64.9 cm³/mol. The molecule has 6 heteroatoms. The summed E-state index contributed by atoms with van der Waals surface area (Å²) >= 11 is 0. The van der Waals surface area contributed by atoms with Gasteiger partial charge in [-0.15, -0.1) is 0 Å². The number of ketones is 2. The average molecular weight is 252 g/mol. The molecule has 0 saturated heterocycles. The van der Waals surface area contributed by atoms with Crippen molar-refractivity contribution in [3.8, 4) is 5.75 Å². The first-order valence-electron chi connectivity index (χ1n) is 5.43. The minimum Gasteiger partial charge on any atom is -0.508 e. The first-order valence-corrected chi connectivity index (χ1v) is 5.43. The zero-order valence-corrected chi connectivity index (χ0v) is 9.74. The molecule has 0 fully saturated rings. The predicted octanol–water partition coefficient (Wildman–Crippen LogP) is -1.28. The van der Waals surface area contributed by atoms with Crippen LogP contribution in [0.25, 0.3) is 0 Å². The molecule has 0 radical (unpaired) electrons. The van der Waals surface area contributed by atoms with E-state index >= 15 is 0 Å². The second-order valence-electron chi connectivity index (χ2n) is 3.99. The minimum atomic E-state index is -1.22. The fourth-order valence-corrected chi connectivity index (χ4v) is 1.43. The van der Waals surface area contributed by atoms with Gasteiger partial charge >= 0.3 is 0 Å². The summed E-state index contributed by atoms with van der Waals surface area (Å²) in [6, 6.07) is 3.93. The van der Waals surface area contributed by atoms with Crippen LogP contribution >= 0.6 is 0 Å². The number of carbonyl (C=O) groups is 2. The topological polar surface area (TPSA) is 127 Å². The number of benzene rings is 1. The van der Waals surface area contributed by atoms with Crippen molar-refractivity contribution in [1.82, 2.24) is 0 Å². The van der Waals surface area contributed by atoms with E-state index in [4.69, 9.17) is 21.7 Å². The molecule has 0 aliphatic rings. The van der Waals surface area contributed by atoms with E-state index in [1.807, 2.05) is 0 Å². The van der Waals surface area contributed by atoms with Crippen LogP contribution in [-0.2, 0) is 16.0 Å². The zero-order valence-electron chi connectivity index (χ0n) is 9.74. The molecule has 1 aromatic carbocycles. The number of phenolic OH excluding ortho intramolecular Hbond substituents is 1. The van der Waals surface area contributed by atoms with Crippen LogP contribution in [-0.4, -0.2) is 40.5 Å². The molecule has 0 aromatic heterocycles. The van der Waals surface area contributed by atoms with E-state index in [2.05, 4.69) is 0 Å². The molecule has 1 rings (SSSR count). The van der Waals surface area contributed by atoms with Crippen LogP contribution in [0.4, 0.5) is 0 Å². The molecule has 0 aliphatic heterocycles. The van der Waals surface area contributed by atoms with Gasteiger partial charge in [0.1, 0.15) is 5.75 Å². The molecule has 6 nitrogen and oxygen atoms in total. The van der Waals surface area contributed by atoms with Gasteiger partial charge in [-0.3, -0.25) is 9.59 Å². The van der Waals surface area contributed by atoms with Crippen molar-refractivity contribution >= 4 is 11.6 Å². The quantitative estimate of drug-likeness (QED) is 0.467. The summed E-state index contributed by atoms with van der Waals surface area (Å²) in [4.78, 5) is 23.0. The summed E-state index contributed by atoms with van der Waals surface area (Å²) in [5.74, 6) is -1.56. The monoisotopic (exact) mass is 252 g/mol. The fraction of sp³-hybridized carbons (Fsp3) is 0.333. The van der Waals surface area contributed by atoms with Crippen molar-refractivity contribution in [3.63, 3.8) is 0 Å². The molecule has 0 bridgehead atoms. The number of carbonyl (C=O) groups excluding carboxylic acids is 2. The third-order valence-corrected chi connectivity index (χ3v) is 2.51. The van der Waals surface area contributed by atoms with Gasteiger partial charge in [-0.2, -0.15) is 0 Å². The van der Waals surface area contributed by atoms with Gasteiger partial charge in [-0.25, -0.2) is 0 Å². The van der Waals surface area contributed by atoms with E-state index in [0.717, 1.165) is 5.56 Å². The highest BCUT2D eigenvalue weighted by atomic mass is 16.3. The Morgan fingerprint density at radius 3 is 2.06 bits per heavy atom. The Morgan fingerprint density at radius 2 is 1.56 bits per heavy atom. The number of hydrogen-bond acceptors (Lipinski definition) is 6. The highest BCUT2D eigenvalue weighted by Gasteiger charge is 2.26. The molecular formula is C12H16N2O4. The van der Waals surface area contributed by atoms with Crippen LogP contribution in [0, 0.1) is 0 Å². The Bertz CT molecular complexity index is 430. The first-order chi connectivity index (χ1) is 8.45. The fourth-order valence-electron chi connectivity index (χ4n) is 1.43. The standard InChI is InChI=1S/C12H16N2O4/c13-9(11(17)12(18)10(14)6-15)5-7-1-3-8(16)4-2-7/h1-4,9-10,15-16H,5-6,13-14H2/t9-,10-/m0/s1. The number of aromatic hydroxyl groups is 1. The van der Waals surface area contributed by atoms with Crippen molar-refractivity contribution < 1.29 is 19.8 Å². The SMILES string of the molecule is N[C@@H](CO)C(=O)C(=O)[C@@H](N)Cc1ccc(O)cc1. The number of nitrogens with two attached hydrogens (primary N) is 2. The van der Waals surface area contributed by atoms with Crippen LogP contribution in [0.3, 0.4) is 0 Å². The molecule has 0 unspecified atom stereocenters. The summed E-state index contributed by atoms with van der Waals surface area (Å²) in [7, 11) is 0. The molecule has 6 N–H and O–H groups in total. The summed E-state index contributed by atoms with van der Waals surface area (Å²) in [5.41, 5.74) is 11.6. The molecule has 0 saturated carbocycles. The van der Waals surface area contributed by atoms with E-state index in [1.54, 1.807) is 12.1 Å². The number of rotatable bonds is 6. The van der Waals surface area contributed by atoms with Crippen molar-refractivity contribution in [1.29, 1.82) is 0 Å². The smallest absolute Gasteiger partial charge is 0.219 e. The summed E-state index contributed by atoms with van der Waals surface area (Å²) in [6.45, 7) is -0.587. The van der Waals surface area contributed by atoms with Gasteiger partial charge in [0.05, 0.1) is 18.7 Å². The van der Waals surface area contributed by atoms with Crippen molar-refractivity contribution in [3.05, 3.63) is 29.8 Å². The second kappa shape index (κ2) is 6.25. The molecule has 18 heavy (non-hydrogen) atoms. The Labute approximate surface area is 104 Å². The van der Waals surface area contributed by atoms with E-state index in [0.29, 0.717) is 0 Å². The van der Waals surface area contributed by atoms with E-state index in [1.165, 1.54) is 12.1 Å². The van der Waals surface area contributed by atoms with E-state index < -0.39 is 30.3 Å². The number of Topliss-reactive ketones (excluding diaryl/α,β-unsaturated/α-hetero) is 2. The maximum absolute atomic E-state index is 11.6. The average Bonchev–Trinajstić information content (AvgIpc) is 2.38. The Kier molecular flexibility index (Phi) is 4.96. The van der Waals surface area contributed by atoms with Gasteiger partial charge in [0.15, 0.2) is 0 Å². The largest absolute Gasteiger partial charge is 0.508 e. The lowest BCUT2D eigenvalue weighted by Crippen LogP contribution is -2.46. The van der Waals surface area contributed by atoms with Gasteiger partial charge in [-0.1, -0.05) is 12.1 Å². The normalized spacial score (nSPS) is 13.9. The molecular weight excluding hydrogens is 236 g/mol. The molecule has 0 spiro atoms. The lowest BCUT2D eigenvalue weighted by atomic mass is 9.98. The van der Waals surface area contributed by atoms with E-state index in [9.17, 15) is 9.59 Å². The highest BCUT2D eigenvalue weighted by Crippen LogP contribution is 2.11. The lowest BCUT2D eigenvalue weighted by molar-refractivity contribution is -0.138. The molecule has 98 valence electrons. The molecule has 0 heterocycles. The Hall–Kier alpha value is -1.76. The Morgan fingerprint density at radius 1 is 1.06 bits per heavy atom. The van der Waals surface area contributed by atoms with Gasteiger partial charge in [-0.05, 0) is 24.1 Å². The Balaban J connectivity index is 2.65. The number of phenols is 1. The van der Waals surface area contributed by atoms with Crippen LogP contribution in [0.15, 0.2) is 24.3 Å². The summed E-state index contributed by atoms with van der Waals surface area (Å²) in [6.07, 6.45) is 0.170. The van der Waals surface area contributed by atoms with Crippen molar-refractivity contribution in [2.75, 3.05) is 6.61 Å². The molecule has 0 aliphatic carbocycles. The zero-order chi connectivity index (χ0) is 13.7. The summed E-state index contributed by atoms with van der Waals surface area (Å²) in [5, 5.41) is 17.8. The first kappa shape index (κ1) is 14.3. The molecule has 1 aromatic rings. The van der Waals surface area contributed by atoms with Gasteiger partial charge < -0.3 is 21.7 Å². The molecule has 2 atom stereocenters. The van der Waals surface area contributed by atoms with Crippen LogP contribution in [0.1, 0.15) is 5.56 Å². The molecule has 0 amide bonds. The lowest BCUT2D eigenvalue weighted by Gasteiger charge is -2.12. The number of aliphatic hydroxyl groups is 1. The van der Waals surface area contributed by atoms with Crippen LogP contribution in [0.2, 0.25) is 0 Å². The van der Waals surface area contributed by atoms with Crippen LogP contribution < -0.4 is 11.5 Å². The third-order valence-electron chi connectivity index (χ3n) is 2.51.